The summed E-state index contributed by atoms with van der Waals surface area (Å²) >= 11 is 0. The van der Waals surface area contributed by atoms with Gasteiger partial charge in [0.25, 0.3) is 0 Å². The van der Waals surface area contributed by atoms with Gasteiger partial charge in [0, 0.05) is 5.56 Å². The maximum Gasteiger partial charge on any atom is 0.314 e. The number of ether oxygens (including phenoxy) is 2. The lowest BCUT2D eigenvalue weighted by molar-refractivity contribution is -0.140. The van der Waals surface area contributed by atoms with Crippen LogP contribution in [-0.2, 0) is 4.79 Å². The van der Waals surface area contributed by atoms with Crippen molar-refractivity contribution >= 4 is 5.97 Å². The highest BCUT2D eigenvalue weighted by atomic mass is 19.2. The van der Waals surface area contributed by atoms with E-state index in [0.29, 0.717) is 17.9 Å². The number of carbonyl (C=O) groups is 1. The number of hydrogen-bond acceptors (Lipinski definition) is 3. The largest absolute Gasteiger partial charge is 0.490 e. The van der Waals surface area contributed by atoms with E-state index in [0.717, 1.165) is 50.9 Å². The minimum absolute atomic E-state index is 0.0263. The van der Waals surface area contributed by atoms with Crippen molar-refractivity contribution in [1.82, 2.24) is 0 Å². The Bertz CT molecular complexity index is 1090. The molecule has 1 aliphatic rings. The minimum atomic E-state index is -1.01. The van der Waals surface area contributed by atoms with Crippen molar-refractivity contribution in [3.63, 3.8) is 0 Å². The van der Waals surface area contributed by atoms with E-state index in [9.17, 15) is 13.6 Å². The lowest BCUT2D eigenvalue weighted by atomic mass is 9.80. The molecule has 0 heterocycles. The van der Waals surface area contributed by atoms with E-state index in [-0.39, 0.29) is 23.2 Å². The quantitative estimate of drug-likeness (QED) is 0.0955. The average Bonchev–Trinajstić information content (AvgIpc) is 2.97. The summed E-state index contributed by atoms with van der Waals surface area (Å²) in [5, 5.41) is 0. The first-order valence-corrected chi connectivity index (χ1v) is 15.5. The number of halogens is 2. The van der Waals surface area contributed by atoms with Gasteiger partial charge >= 0.3 is 5.97 Å². The van der Waals surface area contributed by atoms with Gasteiger partial charge in [0.15, 0.2) is 11.6 Å². The van der Waals surface area contributed by atoms with E-state index in [1.807, 2.05) is 0 Å². The van der Waals surface area contributed by atoms with Gasteiger partial charge in [-0.15, -0.1) is 0 Å². The van der Waals surface area contributed by atoms with Crippen LogP contribution in [0.3, 0.4) is 0 Å². The highest BCUT2D eigenvalue weighted by molar-refractivity contribution is 5.75. The standard InChI is InChI=1S/C35H46F2O3/c1-3-5-7-8-9-10-12-26-39-32-25-22-29(33(36)34(32)37)19-14-28-17-23-31(24-18-28)40-35(38)30-20-15-27(16-21-30)13-11-6-4-2/h17-18,22-25,27,30H,3-13,15-16,20-21,26H2,1-2H3. The van der Waals surface area contributed by atoms with Gasteiger partial charge in [-0.1, -0.05) is 89.9 Å². The molecule has 0 saturated heterocycles. The van der Waals surface area contributed by atoms with E-state index < -0.39 is 11.6 Å². The molecule has 0 N–H and O–H groups in total. The lowest BCUT2D eigenvalue weighted by Crippen LogP contribution is -2.25. The highest BCUT2D eigenvalue weighted by Gasteiger charge is 2.27. The van der Waals surface area contributed by atoms with Crippen LogP contribution in [0.15, 0.2) is 36.4 Å². The summed E-state index contributed by atoms with van der Waals surface area (Å²) in [7, 11) is 0. The molecule has 1 aliphatic carbocycles. The summed E-state index contributed by atoms with van der Waals surface area (Å²) in [5.41, 5.74) is 0.591. The molecule has 2 aromatic carbocycles. The van der Waals surface area contributed by atoms with Crippen molar-refractivity contribution < 1.29 is 23.0 Å². The molecule has 2 aromatic rings. The van der Waals surface area contributed by atoms with Crippen LogP contribution in [0.4, 0.5) is 8.78 Å². The summed E-state index contributed by atoms with van der Waals surface area (Å²) in [6.45, 7) is 4.78. The Hall–Kier alpha value is -2.87. The molecule has 0 unspecified atom stereocenters. The summed E-state index contributed by atoms with van der Waals surface area (Å²) in [6.07, 6.45) is 17.0. The second kappa shape index (κ2) is 17.7. The van der Waals surface area contributed by atoms with Gasteiger partial charge in [0.05, 0.1) is 18.1 Å². The van der Waals surface area contributed by atoms with Crippen molar-refractivity contribution in [2.45, 2.75) is 110 Å². The Morgan fingerprint density at radius 3 is 2.12 bits per heavy atom. The monoisotopic (exact) mass is 552 g/mol. The van der Waals surface area contributed by atoms with Gasteiger partial charge in [-0.25, -0.2) is 4.39 Å². The zero-order valence-electron chi connectivity index (χ0n) is 24.4. The van der Waals surface area contributed by atoms with Crippen LogP contribution in [0.5, 0.6) is 11.5 Å². The molecule has 40 heavy (non-hydrogen) atoms. The number of esters is 1. The molecule has 218 valence electrons. The van der Waals surface area contributed by atoms with E-state index in [1.54, 1.807) is 24.3 Å². The predicted octanol–water partition coefficient (Wildman–Crippen LogP) is 9.79. The molecule has 0 bridgehead atoms. The van der Waals surface area contributed by atoms with E-state index in [4.69, 9.17) is 9.47 Å². The zero-order chi connectivity index (χ0) is 28.6. The fourth-order valence-electron chi connectivity index (χ4n) is 5.30. The lowest BCUT2D eigenvalue weighted by Gasteiger charge is -2.27. The normalized spacial score (nSPS) is 16.7. The van der Waals surface area contributed by atoms with Crippen LogP contribution < -0.4 is 9.47 Å². The molecule has 3 rings (SSSR count). The van der Waals surface area contributed by atoms with E-state index in [1.165, 1.54) is 63.5 Å². The fourth-order valence-corrected chi connectivity index (χ4v) is 5.30. The van der Waals surface area contributed by atoms with Crippen molar-refractivity contribution in [2.24, 2.45) is 11.8 Å². The van der Waals surface area contributed by atoms with Gasteiger partial charge in [0.2, 0.25) is 5.82 Å². The van der Waals surface area contributed by atoms with E-state index >= 15 is 0 Å². The number of carbonyl (C=O) groups excluding carboxylic acids is 1. The molecule has 3 nitrogen and oxygen atoms in total. The van der Waals surface area contributed by atoms with Crippen LogP contribution in [0.1, 0.15) is 121 Å². The Morgan fingerprint density at radius 1 is 0.775 bits per heavy atom. The first-order chi connectivity index (χ1) is 19.5. The zero-order valence-corrected chi connectivity index (χ0v) is 24.4. The number of unbranched alkanes of at least 4 members (excludes halogenated alkanes) is 8. The van der Waals surface area contributed by atoms with Crippen molar-refractivity contribution in [1.29, 1.82) is 0 Å². The topological polar surface area (TPSA) is 35.5 Å². The van der Waals surface area contributed by atoms with E-state index in [2.05, 4.69) is 25.7 Å². The van der Waals surface area contributed by atoms with Crippen LogP contribution in [0.25, 0.3) is 0 Å². The average molecular weight is 553 g/mol. The Kier molecular flexibility index (Phi) is 14.0. The molecule has 5 heteroatoms. The SMILES string of the molecule is CCCCCCCCCOc1ccc(C#Cc2ccc(OC(=O)C3CCC(CCCCC)CC3)cc2)c(F)c1F. The number of rotatable bonds is 15. The van der Waals surface area contributed by atoms with Gasteiger partial charge in [0.1, 0.15) is 5.75 Å². The van der Waals surface area contributed by atoms with Crippen molar-refractivity contribution in [2.75, 3.05) is 6.61 Å². The first-order valence-electron chi connectivity index (χ1n) is 15.5. The molecular formula is C35H46F2O3. The number of benzene rings is 2. The van der Waals surface area contributed by atoms with Gasteiger partial charge in [-0.2, -0.15) is 4.39 Å². The van der Waals surface area contributed by atoms with Gasteiger partial charge in [-0.05, 0) is 74.4 Å². The second-order valence-electron chi connectivity index (χ2n) is 11.1. The fraction of sp³-hybridized carbons (Fsp3) is 0.571. The predicted molar refractivity (Wildman–Crippen MR) is 157 cm³/mol. The van der Waals surface area contributed by atoms with Crippen LogP contribution in [0.2, 0.25) is 0 Å². The second-order valence-corrected chi connectivity index (χ2v) is 11.1. The summed E-state index contributed by atoms with van der Waals surface area (Å²) < 4.78 is 40.2. The summed E-state index contributed by atoms with van der Waals surface area (Å²) in [5.74, 6) is 4.48. The Balaban J connectivity index is 1.44. The maximum atomic E-state index is 14.6. The third-order valence-electron chi connectivity index (χ3n) is 7.86. The third-order valence-corrected chi connectivity index (χ3v) is 7.86. The van der Waals surface area contributed by atoms with Crippen LogP contribution >= 0.6 is 0 Å². The molecule has 0 spiro atoms. The van der Waals surface area contributed by atoms with Crippen LogP contribution in [-0.4, -0.2) is 12.6 Å². The summed E-state index contributed by atoms with van der Waals surface area (Å²) in [4.78, 5) is 12.6. The molecule has 0 aliphatic heterocycles. The van der Waals surface area contributed by atoms with Gasteiger partial charge in [-0.3, -0.25) is 4.79 Å². The maximum absolute atomic E-state index is 14.6. The molecular weight excluding hydrogens is 506 g/mol. The molecule has 1 fully saturated rings. The first kappa shape index (κ1) is 31.7. The van der Waals surface area contributed by atoms with Crippen molar-refractivity contribution in [3.05, 3.63) is 59.2 Å². The Labute approximate surface area is 240 Å². The molecule has 1 saturated carbocycles. The highest BCUT2D eigenvalue weighted by Crippen LogP contribution is 2.33. The Morgan fingerprint density at radius 2 is 1.43 bits per heavy atom. The molecule has 0 atom stereocenters. The molecule has 0 aromatic heterocycles. The number of hydrogen-bond donors (Lipinski definition) is 0. The van der Waals surface area contributed by atoms with Crippen LogP contribution in [0, 0.1) is 35.3 Å². The smallest absolute Gasteiger partial charge is 0.314 e. The molecule has 0 radical (unpaired) electrons. The minimum Gasteiger partial charge on any atom is -0.490 e. The molecule has 0 amide bonds. The van der Waals surface area contributed by atoms with Crippen molar-refractivity contribution in [3.8, 4) is 23.3 Å². The summed E-state index contributed by atoms with van der Waals surface area (Å²) in [6, 6.07) is 9.69. The van der Waals surface area contributed by atoms with Gasteiger partial charge < -0.3 is 9.47 Å². The third kappa shape index (κ3) is 10.6.